The third kappa shape index (κ3) is 5.79. The average Bonchev–Trinajstić information content (AvgIpc) is 3.11. The first-order chi connectivity index (χ1) is 9.16. The number of ether oxygens (including phenoxy) is 1. The summed E-state index contributed by atoms with van der Waals surface area (Å²) < 4.78 is 12.1. The van der Waals surface area contributed by atoms with Gasteiger partial charge < -0.3 is 0 Å². The van der Waals surface area contributed by atoms with Gasteiger partial charge in [0.25, 0.3) is 0 Å². The van der Waals surface area contributed by atoms with E-state index in [-0.39, 0.29) is 5.60 Å². The number of hydrogen-bond donors (Lipinski definition) is 0. The molecule has 1 saturated heterocycles. The summed E-state index contributed by atoms with van der Waals surface area (Å²) in [5, 5.41) is 0. The topological polar surface area (TPSA) is 12.5 Å². The van der Waals surface area contributed by atoms with E-state index in [4.69, 9.17) is 4.74 Å². The van der Waals surface area contributed by atoms with Crippen LogP contribution < -0.4 is 0 Å². The molecule has 0 aliphatic carbocycles. The minimum atomic E-state index is -1.78. The van der Waals surface area contributed by atoms with Crippen molar-refractivity contribution in [3.63, 3.8) is 0 Å². The molecule has 1 heterocycles. The van der Waals surface area contributed by atoms with Gasteiger partial charge in [0.05, 0.1) is 0 Å². The first-order valence-corrected chi connectivity index (χ1v) is 16.5. The zero-order valence-electron chi connectivity index (χ0n) is 13.5. The van der Waals surface area contributed by atoms with Gasteiger partial charge in [-0.1, -0.05) is 0 Å². The van der Waals surface area contributed by atoms with Crippen LogP contribution in [0.2, 0.25) is 17.7 Å². The zero-order valence-corrected chi connectivity index (χ0v) is 16.3. The van der Waals surface area contributed by atoms with Gasteiger partial charge in [-0.05, 0) is 0 Å². The number of hydrogen-bond acceptors (Lipinski definition) is 1. The third-order valence-corrected chi connectivity index (χ3v) is 22.1. The Kier molecular flexibility index (Phi) is 8.05. The van der Waals surface area contributed by atoms with Crippen LogP contribution in [0.15, 0.2) is 12.7 Å². The molecule has 1 fully saturated rings. The van der Waals surface area contributed by atoms with Gasteiger partial charge in [-0.3, -0.25) is 0 Å². The van der Waals surface area contributed by atoms with Crippen LogP contribution in [0.1, 0.15) is 59.3 Å². The summed E-state index contributed by atoms with van der Waals surface area (Å²) >= 11 is -1.78. The second kappa shape index (κ2) is 8.71. The Morgan fingerprint density at radius 3 is 1.95 bits per heavy atom. The summed E-state index contributed by atoms with van der Waals surface area (Å²) in [4.78, 5) is 0. The van der Waals surface area contributed by atoms with Crippen molar-refractivity contribution in [1.82, 2.24) is 0 Å². The molecular weight excluding hydrogens is 339 g/mol. The summed E-state index contributed by atoms with van der Waals surface area (Å²) in [5.41, 5.74) is 0.226. The van der Waals surface area contributed by atoms with Crippen LogP contribution in [0.4, 0.5) is 0 Å². The predicted molar refractivity (Wildman–Crippen MR) is 88.6 cm³/mol. The fraction of sp³-hybridized carbons (Fsp3) is 0.882. The quantitative estimate of drug-likeness (QED) is 0.240. The summed E-state index contributed by atoms with van der Waals surface area (Å²) in [6.45, 7) is 12.0. The van der Waals surface area contributed by atoms with E-state index in [1.54, 1.807) is 17.7 Å². The summed E-state index contributed by atoms with van der Waals surface area (Å²) in [6, 6.07) is 0. The van der Waals surface area contributed by atoms with Gasteiger partial charge in [0.2, 0.25) is 0 Å². The molecule has 0 aromatic carbocycles. The molecule has 0 saturated carbocycles. The van der Waals surface area contributed by atoms with E-state index >= 15 is 0 Å². The van der Waals surface area contributed by atoms with Gasteiger partial charge in [0.1, 0.15) is 0 Å². The van der Waals surface area contributed by atoms with Crippen LogP contribution in [0.3, 0.4) is 0 Å². The van der Waals surface area contributed by atoms with Gasteiger partial charge >= 0.3 is 125 Å². The molecule has 0 amide bonds. The van der Waals surface area contributed by atoms with Crippen molar-refractivity contribution >= 4 is 18.4 Å². The maximum absolute atomic E-state index is 5.68. The zero-order chi connectivity index (χ0) is 14.2. The molecule has 0 N–H and O–H groups in total. The molecule has 2 heteroatoms. The Morgan fingerprint density at radius 2 is 1.58 bits per heavy atom. The molecule has 0 aromatic heterocycles. The molecule has 0 radical (unpaired) electrons. The molecule has 1 rings (SSSR count). The average molecular weight is 373 g/mol. The third-order valence-electron chi connectivity index (χ3n) is 4.75. The second-order valence-corrected chi connectivity index (χ2v) is 20.8. The predicted octanol–water partition coefficient (Wildman–Crippen LogP) is 5.79. The number of epoxide rings is 1. The van der Waals surface area contributed by atoms with Crippen molar-refractivity contribution in [3.05, 3.63) is 12.7 Å². The molecule has 0 spiro atoms. The van der Waals surface area contributed by atoms with E-state index in [1.807, 2.05) is 6.08 Å². The van der Waals surface area contributed by atoms with E-state index in [2.05, 4.69) is 27.4 Å². The minimum absolute atomic E-state index is 0.226. The summed E-state index contributed by atoms with van der Waals surface area (Å²) in [6.07, 6.45) is 10.1. The molecular formula is C17H34OSn. The molecule has 1 unspecified atom stereocenters. The first kappa shape index (κ1) is 17.5. The van der Waals surface area contributed by atoms with Crippen molar-refractivity contribution in [2.75, 3.05) is 6.61 Å². The van der Waals surface area contributed by atoms with Gasteiger partial charge in [-0.15, -0.1) is 0 Å². The normalized spacial score (nSPS) is 22.5. The summed E-state index contributed by atoms with van der Waals surface area (Å²) in [5.74, 6) is 0. The van der Waals surface area contributed by atoms with E-state index in [0.717, 1.165) is 13.0 Å². The van der Waals surface area contributed by atoms with Gasteiger partial charge in [-0.2, -0.15) is 0 Å². The Balaban J connectivity index is 2.44. The van der Waals surface area contributed by atoms with Crippen LogP contribution in [0, 0.1) is 0 Å². The molecule has 0 aromatic rings. The van der Waals surface area contributed by atoms with Gasteiger partial charge in [-0.25, -0.2) is 0 Å². The van der Waals surface area contributed by atoms with E-state index in [0.29, 0.717) is 0 Å². The van der Waals surface area contributed by atoms with Gasteiger partial charge in [0.15, 0.2) is 0 Å². The SMILES string of the molecule is C=CCC1(CC[CH2][Sn]([CH2]CC)([CH2]CC)[CH2]CC)CO1. The van der Waals surface area contributed by atoms with Crippen LogP contribution in [0.5, 0.6) is 0 Å². The Hall–Kier alpha value is 0.499. The monoisotopic (exact) mass is 374 g/mol. The van der Waals surface area contributed by atoms with Crippen molar-refractivity contribution in [3.8, 4) is 0 Å². The van der Waals surface area contributed by atoms with Crippen molar-refractivity contribution < 1.29 is 4.74 Å². The van der Waals surface area contributed by atoms with Crippen LogP contribution in [-0.4, -0.2) is 30.6 Å². The first-order valence-electron chi connectivity index (χ1n) is 8.41. The maximum atomic E-state index is 5.68. The molecule has 1 nitrogen and oxygen atoms in total. The van der Waals surface area contributed by atoms with Crippen LogP contribution in [-0.2, 0) is 4.74 Å². The second-order valence-electron chi connectivity index (χ2n) is 6.57. The fourth-order valence-electron chi connectivity index (χ4n) is 3.86. The standard InChI is InChI=1S/C8H13O.3C3H7.Sn/c1-3-5-8(6-4-2)7-9-8;3*1-3-2;/h3H,1-2,4-7H2;3*1,3H2,2H3;. The van der Waals surface area contributed by atoms with Crippen molar-refractivity contribution in [1.29, 1.82) is 0 Å². The summed E-state index contributed by atoms with van der Waals surface area (Å²) in [7, 11) is 0. The van der Waals surface area contributed by atoms with Crippen molar-refractivity contribution in [2.24, 2.45) is 0 Å². The van der Waals surface area contributed by atoms with Gasteiger partial charge in [0, 0.05) is 0 Å². The molecule has 1 atom stereocenters. The van der Waals surface area contributed by atoms with E-state index in [9.17, 15) is 0 Å². The molecule has 19 heavy (non-hydrogen) atoms. The van der Waals surface area contributed by atoms with Crippen LogP contribution >= 0.6 is 0 Å². The Morgan fingerprint density at radius 1 is 1.05 bits per heavy atom. The fourth-order valence-corrected chi connectivity index (χ4v) is 19.9. The molecule has 1 aliphatic rings. The molecule has 112 valence electrons. The Labute approximate surface area is 125 Å². The van der Waals surface area contributed by atoms with E-state index in [1.165, 1.54) is 32.1 Å². The Bertz CT molecular complexity index is 241. The molecule has 0 bridgehead atoms. The van der Waals surface area contributed by atoms with E-state index < -0.39 is 18.4 Å². The van der Waals surface area contributed by atoms with Crippen molar-refractivity contribution in [2.45, 2.75) is 82.6 Å². The van der Waals surface area contributed by atoms with Crippen LogP contribution in [0.25, 0.3) is 0 Å². The molecule has 1 aliphatic heterocycles. The number of rotatable bonds is 12.